The summed E-state index contributed by atoms with van der Waals surface area (Å²) in [6.45, 7) is 0. The SMILES string of the molecule is c1ccc2c(c1)c1ccccc1c1cc(-c3ncc4c5ccccc5c5cccnc5c4n3)ccc21. The Balaban J connectivity index is 1.45. The Labute approximate surface area is 206 Å². The molecule has 0 N–H and O–H groups in total. The topological polar surface area (TPSA) is 38.7 Å². The van der Waals surface area contributed by atoms with Gasteiger partial charge in [0.25, 0.3) is 0 Å². The standard InChI is InChI=1S/C33H19N3/c1-2-10-23-21(8-1)22-9-3-5-12-25(22)29-18-20(15-16-27(23)29)33-35-19-30-26-13-6-4-11-24(26)28-14-7-17-34-31(28)32(30)36-33/h1-19H. The van der Waals surface area contributed by atoms with Crippen molar-refractivity contribution in [3.8, 4) is 11.4 Å². The highest BCUT2D eigenvalue weighted by molar-refractivity contribution is 6.26. The lowest BCUT2D eigenvalue weighted by Gasteiger charge is -2.12. The Morgan fingerprint density at radius 3 is 1.58 bits per heavy atom. The van der Waals surface area contributed by atoms with E-state index >= 15 is 0 Å². The van der Waals surface area contributed by atoms with Gasteiger partial charge in [-0.3, -0.25) is 4.98 Å². The van der Waals surface area contributed by atoms with E-state index in [4.69, 9.17) is 15.0 Å². The first kappa shape index (κ1) is 19.4. The molecule has 0 aliphatic rings. The van der Waals surface area contributed by atoms with Gasteiger partial charge in [-0.1, -0.05) is 91.0 Å². The molecule has 0 aliphatic heterocycles. The molecule has 3 heteroatoms. The van der Waals surface area contributed by atoms with E-state index in [1.54, 1.807) is 0 Å². The smallest absolute Gasteiger partial charge is 0.159 e. The summed E-state index contributed by atoms with van der Waals surface area (Å²) in [4.78, 5) is 14.7. The molecule has 0 saturated carbocycles. The first-order valence-corrected chi connectivity index (χ1v) is 12.1. The van der Waals surface area contributed by atoms with E-state index in [1.165, 1.54) is 37.7 Å². The fourth-order valence-electron chi connectivity index (χ4n) is 5.71. The second-order valence-corrected chi connectivity index (χ2v) is 9.25. The van der Waals surface area contributed by atoms with Gasteiger partial charge in [-0.05, 0) is 55.2 Å². The fraction of sp³-hybridized carbons (Fsp3) is 0. The number of nitrogens with zero attached hydrogens (tertiary/aromatic N) is 3. The lowest BCUT2D eigenvalue weighted by Crippen LogP contribution is -1.94. The first-order chi connectivity index (χ1) is 17.9. The van der Waals surface area contributed by atoms with Crippen LogP contribution in [0.25, 0.3) is 76.3 Å². The number of aromatic nitrogens is 3. The predicted octanol–water partition coefficient (Wildman–Crippen LogP) is 8.46. The molecule has 0 radical (unpaired) electrons. The van der Waals surface area contributed by atoms with Crippen molar-refractivity contribution in [3.05, 3.63) is 116 Å². The van der Waals surface area contributed by atoms with E-state index in [2.05, 4.69) is 97.1 Å². The molecule has 0 amide bonds. The molecule has 0 spiro atoms. The van der Waals surface area contributed by atoms with Crippen molar-refractivity contribution in [3.63, 3.8) is 0 Å². The molecular formula is C33H19N3. The minimum atomic E-state index is 0.712. The zero-order chi connectivity index (χ0) is 23.6. The van der Waals surface area contributed by atoms with Gasteiger partial charge in [-0.2, -0.15) is 0 Å². The van der Waals surface area contributed by atoms with Crippen LogP contribution < -0.4 is 0 Å². The number of pyridine rings is 1. The average Bonchev–Trinajstić information content (AvgIpc) is 2.97. The van der Waals surface area contributed by atoms with Crippen LogP contribution in [-0.4, -0.2) is 15.0 Å². The minimum absolute atomic E-state index is 0.712. The Kier molecular flexibility index (Phi) is 3.94. The Morgan fingerprint density at radius 2 is 0.917 bits per heavy atom. The lowest BCUT2D eigenvalue weighted by molar-refractivity contribution is 1.23. The molecule has 0 saturated heterocycles. The second kappa shape index (κ2) is 7.30. The highest BCUT2D eigenvalue weighted by atomic mass is 14.9. The summed E-state index contributed by atoms with van der Waals surface area (Å²) in [5, 5.41) is 12.0. The molecular weight excluding hydrogens is 438 g/mol. The molecule has 6 aromatic carbocycles. The van der Waals surface area contributed by atoms with E-state index in [-0.39, 0.29) is 0 Å². The maximum absolute atomic E-state index is 5.10. The Hall–Kier alpha value is -4.89. The van der Waals surface area contributed by atoms with Crippen LogP contribution in [0, 0.1) is 0 Å². The quantitative estimate of drug-likeness (QED) is 0.232. The van der Waals surface area contributed by atoms with Gasteiger partial charge in [0.05, 0.1) is 5.52 Å². The van der Waals surface area contributed by atoms with Crippen molar-refractivity contribution >= 4 is 64.9 Å². The average molecular weight is 458 g/mol. The Morgan fingerprint density at radius 1 is 0.389 bits per heavy atom. The summed E-state index contributed by atoms with van der Waals surface area (Å²) in [5.74, 6) is 0.712. The highest BCUT2D eigenvalue weighted by Crippen LogP contribution is 2.37. The van der Waals surface area contributed by atoms with Crippen LogP contribution in [0.1, 0.15) is 0 Å². The molecule has 8 rings (SSSR count). The normalized spacial score (nSPS) is 11.9. The summed E-state index contributed by atoms with van der Waals surface area (Å²) in [7, 11) is 0. The van der Waals surface area contributed by atoms with Crippen LogP contribution in [0.15, 0.2) is 116 Å². The zero-order valence-electron chi connectivity index (χ0n) is 19.3. The number of fused-ring (bicyclic) bond motifs is 12. The van der Waals surface area contributed by atoms with Gasteiger partial charge >= 0.3 is 0 Å². The summed E-state index contributed by atoms with van der Waals surface area (Å²) in [6, 6.07) is 36.4. The lowest BCUT2D eigenvalue weighted by atomic mass is 9.93. The third-order valence-corrected chi connectivity index (χ3v) is 7.33. The van der Waals surface area contributed by atoms with Crippen LogP contribution in [-0.2, 0) is 0 Å². The minimum Gasteiger partial charge on any atom is -0.254 e. The van der Waals surface area contributed by atoms with Crippen molar-refractivity contribution in [1.29, 1.82) is 0 Å². The summed E-state index contributed by atoms with van der Waals surface area (Å²) in [5.41, 5.74) is 2.80. The van der Waals surface area contributed by atoms with Crippen LogP contribution in [0.2, 0.25) is 0 Å². The molecule has 0 atom stereocenters. The summed E-state index contributed by atoms with van der Waals surface area (Å²) < 4.78 is 0. The van der Waals surface area contributed by atoms with Crippen molar-refractivity contribution in [1.82, 2.24) is 15.0 Å². The van der Waals surface area contributed by atoms with Gasteiger partial charge in [0, 0.05) is 28.7 Å². The monoisotopic (exact) mass is 457 g/mol. The number of hydrogen-bond acceptors (Lipinski definition) is 3. The zero-order valence-corrected chi connectivity index (χ0v) is 19.3. The van der Waals surface area contributed by atoms with Crippen LogP contribution in [0.4, 0.5) is 0 Å². The van der Waals surface area contributed by atoms with Gasteiger partial charge < -0.3 is 0 Å². The third kappa shape index (κ3) is 2.65. The van der Waals surface area contributed by atoms with E-state index in [0.29, 0.717) is 5.82 Å². The van der Waals surface area contributed by atoms with E-state index < -0.39 is 0 Å². The van der Waals surface area contributed by atoms with Crippen LogP contribution in [0.3, 0.4) is 0 Å². The number of rotatable bonds is 1. The maximum Gasteiger partial charge on any atom is 0.159 e. The molecule has 0 fully saturated rings. The molecule has 0 bridgehead atoms. The Bertz CT molecular complexity index is 1930. The third-order valence-electron chi connectivity index (χ3n) is 7.33. The molecule has 0 unspecified atom stereocenters. The van der Waals surface area contributed by atoms with Crippen molar-refractivity contribution < 1.29 is 0 Å². The van der Waals surface area contributed by atoms with Crippen LogP contribution in [0.5, 0.6) is 0 Å². The van der Waals surface area contributed by atoms with Crippen molar-refractivity contribution in [2.24, 2.45) is 0 Å². The molecule has 8 aromatic rings. The molecule has 36 heavy (non-hydrogen) atoms. The predicted molar refractivity (Wildman–Crippen MR) is 150 cm³/mol. The van der Waals surface area contributed by atoms with Gasteiger partial charge in [0.2, 0.25) is 0 Å². The largest absolute Gasteiger partial charge is 0.254 e. The first-order valence-electron chi connectivity index (χ1n) is 12.1. The van der Waals surface area contributed by atoms with Gasteiger partial charge in [0.15, 0.2) is 5.82 Å². The van der Waals surface area contributed by atoms with Crippen LogP contribution >= 0.6 is 0 Å². The van der Waals surface area contributed by atoms with Gasteiger partial charge in [0.1, 0.15) is 5.52 Å². The summed E-state index contributed by atoms with van der Waals surface area (Å²) >= 11 is 0. The molecule has 166 valence electrons. The number of hydrogen-bond donors (Lipinski definition) is 0. The van der Waals surface area contributed by atoms with E-state index in [1.807, 2.05) is 18.5 Å². The summed E-state index contributed by atoms with van der Waals surface area (Å²) in [6.07, 6.45) is 3.79. The molecule has 2 aromatic heterocycles. The van der Waals surface area contributed by atoms with Crippen molar-refractivity contribution in [2.45, 2.75) is 0 Å². The molecule has 2 heterocycles. The molecule has 0 aliphatic carbocycles. The fourth-order valence-corrected chi connectivity index (χ4v) is 5.71. The highest BCUT2D eigenvalue weighted by Gasteiger charge is 2.14. The molecule has 3 nitrogen and oxygen atoms in total. The van der Waals surface area contributed by atoms with Crippen molar-refractivity contribution in [2.75, 3.05) is 0 Å². The second-order valence-electron chi connectivity index (χ2n) is 9.25. The number of benzene rings is 6. The maximum atomic E-state index is 5.10. The van der Waals surface area contributed by atoms with Gasteiger partial charge in [-0.25, -0.2) is 9.97 Å². The van der Waals surface area contributed by atoms with Gasteiger partial charge in [-0.15, -0.1) is 0 Å². The van der Waals surface area contributed by atoms with E-state index in [0.717, 1.165) is 32.8 Å². The van der Waals surface area contributed by atoms with E-state index in [9.17, 15) is 0 Å².